The first-order valence-electron chi connectivity index (χ1n) is 11.1. The van der Waals surface area contributed by atoms with E-state index in [1.165, 1.54) is 24.3 Å². The zero-order valence-electron chi connectivity index (χ0n) is 18.4. The molecule has 1 N–H and O–H groups in total. The van der Waals surface area contributed by atoms with Crippen molar-refractivity contribution in [3.05, 3.63) is 78.5 Å². The van der Waals surface area contributed by atoms with Crippen molar-refractivity contribution in [2.75, 3.05) is 0 Å². The van der Waals surface area contributed by atoms with Crippen LogP contribution in [0.1, 0.15) is 50.0 Å². The molecule has 0 aromatic heterocycles. The Kier molecular flexibility index (Phi) is 6.72. The average Bonchev–Trinajstić information content (AvgIpc) is 2.80. The van der Waals surface area contributed by atoms with Crippen molar-refractivity contribution >= 4 is 65.1 Å². The summed E-state index contributed by atoms with van der Waals surface area (Å²) in [4.78, 5) is 26.3. The van der Waals surface area contributed by atoms with Crippen molar-refractivity contribution in [2.45, 2.75) is 49.3 Å². The normalized spacial score (nSPS) is 18.8. The van der Waals surface area contributed by atoms with Gasteiger partial charge >= 0.3 is 10.1 Å². The van der Waals surface area contributed by atoms with E-state index in [0.717, 1.165) is 24.2 Å². The third-order valence-corrected chi connectivity index (χ3v) is 8.97. The Labute approximate surface area is 225 Å². The number of ketones is 2. The summed E-state index contributed by atoms with van der Waals surface area (Å²) in [6.45, 7) is 0. The van der Waals surface area contributed by atoms with Crippen LogP contribution in [0.3, 0.4) is 0 Å². The van der Waals surface area contributed by atoms with Gasteiger partial charge in [0.25, 0.3) is 0 Å². The summed E-state index contributed by atoms with van der Waals surface area (Å²) in [5, 5.41) is 3.77. The summed E-state index contributed by atoms with van der Waals surface area (Å²) >= 11 is 12.9. The van der Waals surface area contributed by atoms with Crippen LogP contribution in [0.15, 0.2) is 72.8 Å². The molecule has 0 atom stereocenters. The molecule has 182 valence electrons. The SMILES string of the molecule is O=C1CCCC2=C1C(c1cc(Br)cc(Br)c1OS(=O)(=O)c1ccc(Cl)cc1)C1=C(CCCC1=O)N2. The fourth-order valence-electron chi connectivity index (χ4n) is 4.94. The van der Waals surface area contributed by atoms with Gasteiger partial charge in [0.2, 0.25) is 0 Å². The highest BCUT2D eigenvalue weighted by Gasteiger charge is 2.42. The van der Waals surface area contributed by atoms with Gasteiger partial charge in [0.1, 0.15) is 4.90 Å². The summed E-state index contributed by atoms with van der Waals surface area (Å²) in [6, 6.07) is 9.07. The molecule has 35 heavy (non-hydrogen) atoms. The Morgan fingerprint density at radius 3 is 2.03 bits per heavy atom. The van der Waals surface area contributed by atoms with E-state index in [9.17, 15) is 18.0 Å². The second-order valence-electron chi connectivity index (χ2n) is 8.69. The Hall–Kier alpha value is -1.94. The lowest BCUT2D eigenvalue weighted by atomic mass is 9.71. The van der Waals surface area contributed by atoms with E-state index in [2.05, 4.69) is 37.2 Å². The maximum Gasteiger partial charge on any atom is 0.339 e. The third-order valence-electron chi connectivity index (χ3n) is 6.43. The molecule has 3 aliphatic rings. The molecule has 6 nitrogen and oxygen atoms in total. The van der Waals surface area contributed by atoms with Crippen molar-refractivity contribution in [3.63, 3.8) is 0 Å². The van der Waals surface area contributed by atoms with E-state index in [1.54, 1.807) is 12.1 Å². The molecule has 1 heterocycles. The van der Waals surface area contributed by atoms with Crippen molar-refractivity contribution < 1.29 is 22.2 Å². The minimum atomic E-state index is -4.23. The first-order valence-corrected chi connectivity index (χ1v) is 14.5. The summed E-state index contributed by atoms with van der Waals surface area (Å²) in [7, 11) is -4.23. The highest BCUT2D eigenvalue weighted by molar-refractivity contribution is 9.11. The molecule has 0 unspecified atom stereocenters. The average molecular weight is 642 g/mol. The maximum atomic E-state index is 13.2. The monoisotopic (exact) mass is 639 g/mol. The van der Waals surface area contributed by atoms with Crippen LogP contribution in [0.2, 0.25) is 5.02 Å². The summed E-state index contributed by atoms with van der Waals surface area (Å²) in [5.74, 6) is -0.760. The van der Waals surface area contributed by atoms with Gasteiger partial charge in [0, 0.05) is 56.4 Å². The second kappa shape index (κ2) is 9.50. The van der Waals surface area contributed by atoms with Crippen LogP contribution in [0.25, 0.3) is 0 Å². The summed E-state index contributed by atoms with van der Waals surface area (Å²) < 4.78 is 33.2. The molecule has 0 bridgehead atoms. The minimum absolute atomic E-state index is 0.0451. The smallest absolute Gasteiger partial charge is 0.339 e. The highest BCUT2D eigenvalue weighted by Crippen LogP contribution is 2.50. The van der Waals surface area contributed by atoms with Crippen LogP contribution >= 0.6 is 43.5 Å². The Balaban J connectivity index is 1.71. The molecular formula is C25H20Br2ClNO5S. The van der Waals surface area contributed by atoms with Crippen LogP contribution < -0.4 is 9.50 Å². The zero-order chi connectivity index (χ0) is 24.9. The predicted octanol–water partition coefficient (Wildman–Crippen LogP) is 6.33. The Bertz CT molecular complexity index is 1390. The van der Waals surface area contributed by atoms with Crippen molar-refractivity contribution in [1.29, 1.82) is 0 Å². The maximum absolute atomic E-state index is 13.2. The summed E-state index contributed by atoms with van der Waals surface area (Å²) in [5.41, 5.74) is 3.09. The lowest BCUT2D eigenvalue weighted by Gasteiger charge is -2.37. The van der Waals surface area contributed by atoms with E-state index < -0.39 is 16.0 Å². The van der Waals surface area contributed by atoms with Crippen molar-refractivity contribution in [3.8, 4) is 5.75 Å². The molecule has 2 aromatic rings. The fraction of sp³-hybridized carbons (Fsp3) is 0.280. The lowest BCUT2D eigenvalue weighted by molar-refractivity contribution is -0.116. The number of dihydropyridines is 1. The number of hydrogen-bond donors (Lipinski definition) is 1. The van der Waals surface area contributed by atoms with Crippen LogP contribution in [-0.4, -0.2) is 20.0 Å². The molecule has 0 spiro atoms. The molecule has 0 amide bonds. The van der Waals surface area contributed by atoms with Gasteiger partial charge in [-0.05, 0) is 78.0 Å². The molecule has 0 radical (unpaired) electrons. The van der Waals surface area contributed by atoms with E-state index in [0.29, 0.717) is 56.4 Å². The molecule has 0 saturated heterocycles. The largest absolute Gasteiger partial charge is 0.377 e. The zero-order valence-corrected chi connectivity index (χ0v) is 23.1. The molecule has 5 rings (SSSR count). The van der Waals surface area contributed by atoms with E-state index in [1.807, 2.05) is 0 Å². The van der Waals surface area contributed by atoms with Gasteiger partial charge in [-0.3, -0.25) is 9.59 Å². The number of Topliss-reactive ketones (excluding diaryl/α,β-unsaturated/α-hetero) is 2. The van der Waals surface area contributed by atoms with E-state index in [-0.39, 0.29) is 22.2 Å². The van der Waals surface area contributed by atoms with Crippen LogP contribution in [0.5, 0.6) is 5.75 Å². The van der Waals surface area contributed by atoms with Crippen LogP contribution in [0, 0.1) is 0 Å². The number of hydrogen-bond acceptors (Lipinski definition) is 6. The van der Waals surface area contributed by atoms with Gasteiger partial charge in [-0.25, -0.2) is 0 Å². The van der Waals surface area contributed by atoms with E-state index in [4.69, 9.17) is 15.8 Å². The first kappa shape index (κ1) is 24.7. The number of halogens is 3. The number of carbonyl (C=O) groups is 2. The molecule has 1 aliphatic heterocycles. The molecular weight excluding hydrogens is 622 g/mol. The Morgan fingerprint density at radius 2 is 1.46 bits per heavy atom. The number of rotatable bonds is 4. The number of benzene rings is 2. The van der Waals surface area contributed by atoms with Gasteiger partial charge in [0.05, 0.1) is 4.47 Å². The Morgan fingerprint density at radius 1 is 0.886 bits per heavy atom. The lowest BCUT2D eigenvalue weighted by Crippen LogP contribution is -2.36. The number of allylic oxidation sites excluding steroid dienone is 4. The predicted molar refractivity (Wildman–Crippen MR) is 139 cm³/mol. The third kappa shape index (κ3) is 4.63. The van der Waals surface area contributed by atoms with Crippen LogP contribution in [-0.2, 0) is 19.7 Å². The quantitative estimate of drug-likeness (QED) is 0.393. The van der Waals surface area contributed by atoms with Crippen molar-refractivity contribution in [1.82, 2.24) is 5.32 Å². The highest BCUT2D eigenvalue weighted by atomic mass is 79.9. The van der Waals surface area contributed by atoms with Crippen LogP contribution in [0.4, 0.5) is 0 Å². The number of carbonyl (C=O) groups excluding carboxylic acids is 2. The molecule has 0 fully saturated rings. The minimum Gasteiger partial charge on any atom is -0.377 e. The second-order valence-corrected chi connectivity index (χ2v) is 12.4. The number of nitrogens with one attached hydrogen (secondary N) is 1. The molecule has 10 heteroatoms. The molecule has 2 aliphatic carbocycles. The molecule has 0 saturated carbocycles. The fourth-order valence-corrected chi connectivity index (χ4v) is 7.48. The van der Waals surface area contributed by atoms with Gasteiger partial charge in [-0.15, -0.1) is 0 Å². The van der Waals surface area contributed by atoms with Gasteiger partial charge in [0.15, 0.2) is 17.3 Å². The van der Waals surface area contributed by atoms with Gasteiger partial charge in [-0.1, -0.05) is 27.5 Å². The van der Waals surface area contributed by atoms with E-state index >= 15 is 0 Å². The van der Waals surface area contributed by atoms with Gasteiger partial charge in [-0.2, -0.15) is 8.42 Å². The summed E-state index contributed by atoms with van der Waals surface area (Å²) in [6.07, 6.45) is 3.59. The first-order chi connectivity index (χ1) is 16.7. The van der Waals surface area contributed by atoms with Gasteiger partial charge < -0.3 is 9.50 Å². The molecule has 2 aromatic carbocycles. The standard InChI is InChI=1S/C25H20Br2ClNO5S/c26-13-11-16(25(17(27)12-13)34-35(32,33)15-9-7-14(28)8-10-15)22-23-18(3-1-5-20(23)30)29-19-4-2-6-21(31)24(19)22/h7-12,22,29H,1-6H2. The van der Waals surface area contributed by atoms with Crippen molar-refractivity contribution in [2.24, 2.45) is 0 Å². The topological polar surface area (TPSA) is 89.5 Å².